The fourth-order valence-corrected chi connectivity index (χ4v) is 2.88. The number of rotatable bonds is 9. The van der Waals surface area contributed by atoms with Crippen LogP contribution in [0.25, 0.3) is 0 Å². The van der Waals surface area contributed by atoms with E-state index in [0.29, 0.717) is 17.1 Å². The van der Waals surface area contributed by atoms with Gasteiger partial charge in [-0.05, 0) is 47.5 Å². The molecule has 0 N–H and O–H groups in total. The minimum atomic E-state index is -4.57. The lowest BCUT2D eigenvalue weighted by atomic mass is 9.99. The molecule has 0 aromatic heterocycles. The Labute approximate surface area is 176 Å². The van der Waals surface area contributed by atoms with Gasteiger partial charge in [0.2, 0.25) is 0 Å². The van der Waals surface area contributed by atoms with Crippen LogP contribution in [-0.2, 0) is 11.3 Å². The zero-order valence-corrected chi connectivity index (χ0v) is 16.2. The predicted octanol–water partition coefficient (Wildman–Crippen LogP) is 6.94. The number of halogens is 5. The zero-order chi connectivity index (χ0) is 22.3. The summed E-state index contributed by atoms with van der Waals surface area (Å²) in [5.74, 6) is -0.945. The molecule has 0 fully saturated rings. The van der Waals surface area contributed by atoms with Gasteiger partial charge in [-0.25, -0.2) is 0 Å². The standard InChI is InChI=1S/C23H19F5O3/c24-22(25)31-19-11-9-17(10-12-19)21(23(26,27)28)15-29-14-16-5-4-8-20(13-16)30-18-6-2-1-3-7-18/h1-13,21-22H,14-15H2. The van der Waals surface area contributed by atoms with Crippen LogP contribution in [0.5, 0.6) is 17.2 Å². The first-order valence-electron chi connectivity index (χ1n) is 9.32. The first-order valence-corrected chi connectivity index (χ1v) is 9.32. The summed E-state index contributed by atoms with van der Waals surface area (Å²) < 4.78 is 80.1. The molecule has 3 aromatic carbocycles. The van der Waals surface area contributed by atoms with E-state index in [1.807, 2.05) is 18.2 Å². The van der Waals surface area contributed by atoms with Crippen molar-refractivity contribution < 1.29 is 36.2 Å². The second kappa shape index (κ2) is 10.3. The largest absolute Gasteiger partial charge is 0.457 e. The maximum Gasteiger partial charge on any atom is 0.397 e. The number of hydrogen-bond acceptors (Lipinski definition) is 3. The number of hydrogen-bond donors (Lipinski definition) is 0. The molecular formula is C23H19F5O3. The van der Waals surface area contributed by atoms with Gasteiger partial charge in [0.15, 0.2) is 0 Å². The molecule has 0 amide bonds. The van der Waals surface area contributed by atoms with Gasteiger partial charge in [0.05, 0.1) is 13.2 Å². The SMILES string of the molecule is FC(F)Oc1ccc(C(COCc2cccc(Oc3ccccc3)c2)C(F)(F)F)cc1. The molecule has 31 heavy (non-hydrogen) atoms. The molecule has 164 valence electrons. The Morgan fingerprint density at radius 2 is 1.42 bits per heavy atom. The second-order valence-corrected chi connectivity index (χ2v) is 6.62. The summed E-state index contributed by atoms with van der Waals surface area (Å²) in [6, 6.07) is 20.3. The molecule has 0 spiro atoms. The molecule has 0 aliphatic rings. The third-order valence-corrected chi connectivity index (χ3v) is 4.33. The lowest BCUT2D eigenvalue weighted by Crippen LogP contribution is -2.25. The molecule has 8 heteroatoms. The van der Waals surface area contributed by atoms with E-state index < -0.39 is 25.3 Å². The summed E-state index contributed by atoms with van der Waals surface area (Å²) in [7, 11) is 0. The van der Waals surface area contributed by atoms with E-state index >= 15 is 0 Å². The predicted molar refractivity (Wildman–Crippen MR) is 104 cm³/mol. The lowest BCUT2D eigenvalue weighted by molar-refractivity contribution is -0.163. The van der Waals surface area contributed by atoms with Gasteiger partial charge in [-0.3, -0.25) is 0 Å². The second-order valence-electron chi connectivity index (χ2n) is 6.62. The Balaban J connectivity index is 1.62. The van der Waals surface area contributed by atoms with Crippen LogP contribution in [0.3, 0.4) is 0 Å². The number of benzene rings is 3. The average molecular weight is 438 g/mol. The summed E-state index contributed by atoms with van der Waals surface area (Å²) in [6.45, 7) is -3.72. The smallest absolute Gasteiger partial charge is 0.397 e. The Morgan fingerprint density at radius 3 is 2.06 bits per heavy atom. The molecule has 0 bridgehead atoms. The summed E-state index contributed by atoms with van der Waals surface area (Å²) in [4.78, 5) is 0. The van der Waals surface area contributed by atoms with E-state index in [2.05, 4.69) is 4.74 Å². The molecule has 0 heterocycles. The summed E-state index contributed by atoms with van der Waals surface area (Å²) in [5.41, 5.74) is 0.547. The molecule has 3 rings (SSSR count). The molecule has 0 saturated carbocycles. The van der Waals surface area contributed by atoms with Crippen molar-refractivity contribution in [1.82, 2.24) is 0 Å². The van der Waals surface area contributed by atoms with Gasteiger partial charge in [-0.1, -0.05) is 42.5 Å². The highest BCUT2D eigenvalue weighted by Gasteiger charge is 2.40. The number of ether oxygens (including phenoxy) is 3. The molecule has 0 aliphatic heterocycles. The highest BCUT2D eigenvalue weighted by Crippen LogP contribution is 2.36. The van der Waals surface area contributed by atoms with Gasteiger partial charge in [0.25, 0.3) is 0 Å². The van der Waals surface area contributed by atoms with Crippen LogP contribution in [0.1, 0.15) is 17.0 Å². The van der Waals surface area contributed by atoms with Crippen LogP contribution < -0.4 is 9.47 Å². The molecule has 1 unspecified atom stereocenters. The van der Waals surface area contributed by atoms with Gasteiger partial charge in [0.1, 0.15) is 23.2 Å². The van der Waals surface area contributed by atoms with Crippen LogP contribution in [0.2, 0.25) is 0 Å². The van der Waals surface area contributed by atoms with E-state index in [1.54, 1.807) is 36.4 Å². The first-order chi connectivity index (χ1) is 14.8. The maximum atomic E-state index is 13.5. The highest BCUT2D eigenvalue weighted by molar-refractivity contribution is 5.34. The quantitative estimate of drug-likeness (QED) is 0.339. The zero-order valence-electron chi connectivity index (χ0n) is 16.2. The summed E-state index contributed by atoms with van der Waals surface area (Å²) >= 11 is 0. The fraction of sp³-hybridized carbons (Fsp3) is 0.217. The average Bonchev–Trinajstić information content (AvgIpc) is 2.72. The van der Waals surface area contributed by atoms with Gasteiger partial charge in [-0.15, -0.1) is 0 Å². The van der Waals surface area contributed by atoms with Crippen LogP contribution in [-0.4, -0.2) is 19.4 Å². The van der Waals surface area contributed by atoms with Crippen molar-refractivity contribution in [3.05, 3.63) is 90.0 Å². The Kier molecular flexibility index (Phi) is 7.46. The fourth-order valence-electron chi connectivity index (χ4n) is 2.88. The van der Waals surface area contributed by atoms with Gasteiger partial charge >= 0.3 is 12.8 Å². The number of para-hydroxylation sites is 1. The molecule has 0 saturated heterocycles. The van der Waals surface area contributed by atoms with Gasteiger partial charge in [-0.2, -0.15) is 22.0 Å². The monoisotopic (exact) mass is 438 g/mol. The first kappa shape index (κ1) is 22.6. The highest BCUT2D eigenvalue weighted by atomic mass is 19.4. The van der Waals surface area contributed by atoms with Gasteiger partial charge in [0, 0.05) is 0 Å². The van der Waals surface area contributed by atoms with E-state index in [9.17, 15) is 22.0 Å². The summed E-state index contributed by atoms with van der Waals surface area (Å²) in [5, 5.41) is 0. The topological polar surface area (TPSA) is 27.7 Å². The molecule has 0 aliphatic carbocycles. The van der Waals surface area contributed by atoms with Crippen molar-refractivity contribution >= 4 is 0 Å². The number of alkyl halides is 5. The van der Waals surface area contributed by atoms with Crippen molar-refractivity contribution in [2.75, 3.05) is 6.61 Å². The van der Waals surface area contributed by atoms with E-state index in [4.69, 9.17) is 9.47 Å². The van der Waals surface area contributed by atoms with Gasteiger partial charge < -0.3 is 14.2 Å². The van der Waals surface area contributed by atoms with Crippen molar-refractivity contribution in [3.8, 4) is 17.2 Å². The van der Waals surface area contributed by atoms with Crippen LogP contribution in [0.4, 0.5) is 22.0 Å². The van der Waals surface area contributed by atoms with Crippen molar-refractivity contribution in [2.45, 2.75) is 25.3 Å². The van der Waals surface area contributed by atoms with E-state index in [0.717, 1.165) is 24.3 Å². The molecular weight excluding hydrogens is 419 g/mol. The molecule has 3 nitrogen and oxygen atoms in total. The Morgan fingerprint density at radius 1 is 0.742 bits per heavy atom. The van der Waals surface area contributed by atoms with Crippen LogP contribution in [0.15, 0.2) is 78.9 Å². The Bertz CT molecular complexity index is 943. The lowest BCUT2D eigenvalue weighted by Gasteiger charge is -2.21. The minimum absolute atomic E-state index is 0.0504. The maximum absolute atomic E-state index is 13.5. The van der Waals surface area contributed by atoms with E-state index in [-0.39, 0.29) is 17.9 Å². The third-order valence-electron chi connectivity index (χ3n) is 4.33. The van der Waals surface area contributed by atoms with Crippen molar-refractivity contribution in [2.24, 2.45) is 0 Å². The normalized spacial score (nSPS) is 12.6. The van der Waals surface area contributed by atoms with Crippen LogP contribution >= 0.6 is 0 Å². The van der Waals surface area contributed by atoms with E-state index in [1.165, 1.54) is 0 Å². The van der Waals surface area contributed by atoms with Crippen molar-refractivity contribution in [1.29, 1.82) is 0 Å². The van der Waals surface area contributed by atoms with Crippen molar-refractivity contribution in [3.63, 3.8) is 0 Å². The molecule has 1 atom stereocenters. The summed E-state index contributed by atoms with van der Waals surface area (Å²) in [6.07, 6.45) is -4.57. The van der Waals surface area contributed by atoms with Crippen LogP contribution in [0, 0.1) is 0 Å². The Hall–Kier alpha value is -3.13. The molecule has 3 aromatic rings. The molecule has 0 radical (unpaired) electrons. The third kappa shape index (κ3) is 6.96. The minimum Gasteiger partial charge on any atom is -0.457 e.